The van der Waals surface area contributed by atoms with Crippen LogP contribution in [0.1, 0.15) is 44.1 Å². The molecule has 39 heavy (non-hydrogen) atoms. The van der Waals surface area contributed by atoms with Crippen LogP contribution in [0.15, 0.2) is 30.5 Å². The van der Waals surface area contributed by atoms with E-state index >= 15 is 0 Å². The molecule has 1 aromatic heterocycles. The summed E-state index contributed by atoms with van der Waals surface area (Å²) in [6, 6.07) is 2.82. The number of carboxylic acids is 1. The van der Waals surface area contributed by atoms with Gasteiger partial charge in [0.05, 0.1) is 12.6 Å². The van der Waals surface area contributed by atoms with Gasteiger partial charge in [-0.05, 0) is 56.8 Å². The topological polar surface area (TPSA) is 239 Å². The molecule has 0 saturated carbocycles. The maximum Gasteiger partial charge on any atom is 0.326 e. The molecule has 216 valence electrons. The second-order valence-electron chi connectivity index (χ2n) is 9.44. The average molecular weight is 548 g/mol. The van der Waals surface area contributed by atoms with Gasteiger partial charge < -0.3 is 48.3 Å². The van der Waals surface area contributed by atoms with Gasteiger partial charge in [-0.1, -0.05) is 24.6 Å². The van der Waals surface area contributed by atoms with E-state index in [2.05, 4.69) is 20.9 Å². The minimum atomic E-state index is -1.44. The molecular formula is C26H41N7O6. The van der Waals surface area contributed by atoms with Crippen LogP contribution in [0.2, 0.25) is 0 Å². The predicted octanol–water partition coefficient (Wildman–Crippen LogP) is -1.17. The van der Waals surface area contributed by atoms with E-state index in [1.54, 1.807) is 6.20 Å². The number of carbonyl (C=O) groups is 4. The molecule has 0 radical (unpaired) electrons. The van der Waals surface area contributed by atoms with Crippen molar-refractivity contribution in [2.75, 3.05) is 19.7 Å². The Hall–Kier alpha value is -3.52. The van der Waals surface area contributed by atoms with E-state index in [0.717, 1.165) is 16.5 Å². The van der Waals surface area contributed by atoms with Crippen molar-refractivity contribution >= 4 is 34.6 Å². The van der Waals surface area contributed by atoms with Gasteiger partial charge in [-0.2, -0.15) is 0 Å². The van der Waals surface area contributed by atoms with Crippen molar-refractivity contribution in [1.29, 1.82) is 0 Å². The first kappa shape index (κ1) is 31.7. The summed E-state index contributed by atoms with van der Waals surface area (Å²) in [5.74, 6) is -3.37. The normalized spacial score (nSPS) is 14.3. The van der Waals surface area contributed by atoms with Gasteiger partial charge in [-0.3, -0.25) is 14.4 Å². The molecular weight excluding hydrogens is 506 g/mol. The van der Waals surface area contributed by atoms with Gasteiger partial charge in [-0.25, -0.2) is 4.79 Å². The van der Waals surface area contributed by atoms with E-state index in [0.29, 0.717) is 45.2 Å². The van der Waals surface area contributed by atoms with Crippen LogP contribution in [0.3, 0.4) is 0 Å². The lowest BCUT2D eigenvalue weighted by Crippen LogP contribution is -2.58. The first-order valence-electron chi connectivity index (χ1n) is 13.2. The summed E-state index contributed by atoms with van der Waals surface area (Å²) in [5, 5.41) is 27.6. The highest BCUT2D eigenvalue weighted by molar-refractivity contribution is 5.95. The molecule has 4 unspecified atom stereocenters. The van der Waals surface area contributed by atoms with Crippen molar-refractivity contribution in [3.63, 3.8) is 0 Å². The van der Waals surface area contributed by atoms with Crippen molar-refractivity contribution in [2.24, 2.45) is 17.2 Å². The van der Waals surface area contributed by atoms with Crippen LogP contribution in [-0.2, 0) is 25.6 Å². The molecule has 1 aromatic carbocycles. The fourth-order valence-electron chi connectivity index (χ4n) is 4.14. The maximum atomic E-state index is 13.3. The molecule has 2 rings (SSSR count). The molecule has 0 aliphatic heterocycles. The number of hydrogen-bond donors (Lipinski definition) is 9. The van der Waals surface area contributed by atoms with Gasteiger partial charge >= 0.3 is 5.97 Å². The summed E-state index contributed by atoms with van der Waals surface area (Å²) in [6.07, 6.45) is 4.75. The van der Waals surface area contributed by atoms with Gasteiger partial charge in [0, 0.05) is 23.5 Å². The van der Waals surface area contributed by atoms with Gasteiger partial charge in [0.15, 0.2) is 0 Å². The SMILES string of the molecule is NCCCCC(N)C(=O)NC(Cc1c[nH]c2ccccc12)C(=O)NC(CO)C(=O)NC(CCCCN)C(=O)O. The zero-order chi connectivity index (χ0) is 28.8. The highest BCUT2D eigenvalue weighted by Crippen LogP contribution is 2.19. The van der Waals surface area contributed by atoms with Crippen LogP contribution in [0.5, 0.6) is 0 Å². The maximum absolute atomic E-state index is 13.3. The number of nitrogens with one attached hydrogen (secondary N) is 4. The minimum Gasteiger partial charge on any atom is -0.480 e. The van der Waals surface area contributed by atoms with E-state index in [-0.39, 0.29) is 12.8 Å². The fourth-order valence-corrected chi connectivity index (χ4v) is 4.14. The van der Waals surface area contributed by atoms with Crippen LogP contribution in [0, 0.1) is 0 Å². The smallest absolute Gasteiger partial charge is 0.326 e. The van der Waals surface area contributed by atoms with Crippen LogP contribution in [-0.4, -0.2) is 82.8 Å². The molecule has 4 atom stereocenters. The van der Waals surface area contributed by atoms with Gasteiger partial charge in [0.25, 0.3) is 0 Å². The highest BCUT2D eigenvalue weighted by Gasteiger charge is 2.30. The average Bonchev–Trinajstić information content (AvgIpc) is 3.33. The number of carboxylic acid groups (broad SMARTS) is 1. The number of aliphatic carboxylic acids is 1. The number of aliphatic hydroxyl groups is 1. The van der Waals surface area contributed by atoms with Gasteiger partial charge in [0.1, 0.15) is 18.1 Å². The van der Waals surface area contributed by atoms with Crippen LogP contribution in [0.25, 0.3) is 10.9 Å². The Morgan fingerprint density at radius 3 is 2.05 bits per heavy atom. The Kier molecular flexibility index (Phi) is 13.4. The minimum absolute atomic E-state index is 0.0771. The summed E-state index contributed by atoms with van der Waals surface area (Å²) in [7, 11) is 0. The molecule has 3 amide bonds. The summed E-state index contributed by atoms with van der Waals surface area (Å²) in [4.78, 5) is 53.6. The molecule has 13 heteroatoms. The summed E-state index contributed by atoms with van der Waals surface area (Å²) in [6.45, 7) is 0.0786. The van der Waals surface area contributed by atoms with Gasteiger partial charge in [-0.15, -0.1) is 0 Å². The van der Waals surface area contributed by atoms with Crippen LogP contribution < -0.4 is 33.2 Å². The van der Waals surface area contributed by atoms with Crippen molar-refractivity contribution in [1.82, 2.24) is 20.9 Å². The zero-order valence-electron chi connectivity index (χ0n) is 22.0. The Labute approximate surface area is 227 Å². The lowest BCUT2D eigenvalue weighted by molar-refractivity contribution is -0.142. The highest BCUT2D eigenvalue weighted by atomic mass is 16.4. The lowest BCUT2D eigenvalue weighted by Gasteiger charge is -2.24. The Bertz CT molecular complexity index is 1090. The van der Waals surface area contributed by atoms with Crippen molar-refractivity contribution in [3.05, 3.63) is 36.0 Å². The number of aliphatic hydroxyl groups excluding tert-OH is 1. The summed E-state index contributed by atoms with van der Waals surface area (Å²) in [5.41, 5.74) is 18.6. The molecule has 12 N–H and O–H groups in total. The number of aromatic nitrogens is 1. The molecule has 0 spiro atoms. The predicted molar refractivity (Wildman–Crippen MR) is 146 cm³/mol. The molecule has 0 saturated heterocycles. The number of aromatic amines is 1. The molecule has 0 bridgehead atoms. The summed E-state index contributed by atoms with van der Waals surface area (Å²) >= 11 is 0. The second kappa shape index (κ2) is 16.4. The Morgan fingerprint density at radius 1 is 0.821 bits per heavy atom. The fraction of sp³-hybridized carbons (Fsp3) is 0.538. The first-order chi connectivity index (χ1) is 18.7. The number of unbranched alkanes of at least 4 members (excludes halogenated alkanes) is 2. The number of rotatable bonds is 18. The molecule has 0 aliphatic carbocycles. The van der Waals surface area contributed by atoms with E-state index in [1.165, 1.54) is 0 Å². The number of fused-ring (bicyclic) bond motifs is 1. The Balaban J connectivity index is 2.17. The van der Waals surface area contributed by atoms with Crippen molar-refractivity contribution < 1.29 is 29.4 Å². The van der Waals surface area contributed by atoms with E-state index in [1.807, 2.05) is 24.3 Å². The lowest BCUT2D eigenvalue weighted by atomic mass is 10.0. The zero-order valence-corrected chi connectivity index (χ0v) is 22.0. The third-order valence-electron chi connectivity index (χ3n) is 6.42. The third kappa shape index (κ3) is 9.94. The van der Waals surface area contributed by atoms with Crippen LogP contribution in [0.4, 0.5) is 0 Å². The molecule has 1 heterocycles. The number of para-hydroxylation sites is 1. The van der Waals surface area contributed by atoms with Crippen molar-refractivity contribution in [3.8, 4) is 0 Å². The number of amides is 3. The third-order valence-corrected chi connectivity index (χ3v) is 6.42. The number of carbonyl (C=O) groups excluding carboxylic acids is 3. The van der Waals surface area contributed by atoms with Crippen molar-refractivity contribution in [2.45, 2.75) is 69.1 Å². The van der Waals surface area contributed by atoms with E-state index in [9.17, 15) is 29.4 Å². The Morgan fingerprint density at radius 2 is 1.41 bits per heavy atom. The second-order valence-corrected chi connectivity index (χ2v) is 9.44. The van der Waals surface area contributed by atoms with E-state index in [4.69, 9.17) is 17.2 Å². The number of benzene rings is 1. The molecule has 0 aliphatic rings. The monoisotopic (exact) mass is 547 g/mol. The van der Waals surface area contributed by atoms with Crippen LogP contribution >= 0.6 is 0 Å². The molecule has 13 nitrogen and oxygen atoms in total. The number of H-pyrrole nitrogens is 1. The number of hydrogen-bond acceptors (Lipinski definition) is 8. The largest absolute Gasteiger partial charge is 0.480 e. The molecule has 2 aromatic rings. The van der Waals surface area contributed by atoms with Gasteiger partial charge in [0.2, 0.25) is 17.7 Å². The standard InChI is InChI=1S/C26H41N7O6/c27-11-5-3-8-18(29)23(35)32-21(13-16-14-30-19-9-2-1-7-17(16)19)24(36)33-22(15-34)25(37)31-20(26(38)39)10-4-6-12-28/h1-2,7,9,14,18,20-22,30,34H,3-6,8,10-13,15,27-29H2,(H,31,37)(H,32,35)(H,33,36)(H,38,39). The van der Waals surface area contributed by atoms with E-state index < -0.39 is 54.5 Å². The quantitative estimate of drug-likeness (QED) is 0.102. The molecule has 0 fully saturated rings. The first-order valence-corrected chi connectivity index (χ1v) is 13.2. The number of nitrogens with two attached hydrogens (primary N) is 3. The summed E-state index contributed by atoms with van der Waals surface area (Å²) < 4.78 is 0.